The summed E-state index contributed by atoms with van der Waals surface area (Å²) in [5, 5.41) is 3.20. The number of benzene rings is 2. The van der Waals surface area contributed by atoms with Crippen molar-refractivity contribution >= 4 is 33.5 Å². The minimum Gasteiger partial charge on any atom is -0.455 e. The quantitative estimate of drug-likeness (QED) is 0.636. The van der Waals surface area contributed by atoms with Crippen molar-refractivity contribution in [2.75, 3.05) is 19.7 Å². The average molecular weight is 465 g/mol. The zero-order chi connectivity index (χ0) is 22.4. The van der Waals surface area contributed by atoms with Gasteiger partial charge in [0.2, 0.25) is 10.0 Å². The van der Waals surface area contributed by atoms with Crippen LogP contribution in [-0.2, 0) is 30.9 Å². The van der Waals surface area contributed by atoms with Crippen molar-refractivity contribution in [3.05, 3.63) is 64.7 Å². The summed E-state index contributed by atoms with van der Waals surface area (Å²) in [5.41, 5.74) is 2.07. The monoisotopic (exact) mass is 464 g/mol. The fourth-order valence-corrected chi connectivity index (χ4v) is 4.99. The largest absolute Gasteiger partial charge is 0.455 e. The van der Waals surface area contributed by atoms with E-state index in [-0.39, 0.29) is 30.5 Å². The Balaban J connectivity index is 1.44. The average Bonchev–Trinajstić information content (AvgIpc) is 2.77. The second-order valence-electron chi connectivity index (χ2n) is 7.44. The van der Waals surface area contributed by atoms with Gasteiger partial charge in [-0.15, -0.1) is 0 Å². The number of nitrogens with one attached hydrogen (secondary N) is 1. The van der Waals surface area contributed by atoms with Crippen molar-refractivity contribution in [3.63, 3.8) is 0 Å². The molecule has 2 aromatic rings. The molecular weight excluding hydrogens is 440 g/mol. The lowest BCUT2D eigenvalue weighted by molar-refractivity contribution is -0.153. The maximum absolute atomic E-state index is 12.7. The molecule has 1 saturated heterocycles. The molecule has 166 valence electrons. The Morgan fingerprint density at radius 3 is 2.39 bits per heavy atom. The first-order valence-electron chi connectivity index (χ1n) is 10.0. The van der Waals surface area contributed by atoms with Gasteiger partial charge in [0, 0.05) is 24.7 Å². The molecule has 0 unspecified atom stereocenters. The molecular formula is C22H25ClN2O5S. The molecule has 0 spiro atoms. The van der Waals surface area contributed by atoms with Crippen LogP contribution in [-0.4, -0.2) is 44.3 Å². The van der Waals surface area contributed by atoms with E-state index in [2.05, 4.69) is 5.32 Å². The highest BCUT2D eigenvalue weighted by molar-refractivity contribution is 7.89. The number of carbonyl (C=O) groups is 2. The van der Waals surface area contributed by atoms with Crippen molar-refractivity contribution in [1.29, 1.82) is 0 Å². The summed E-state index contributed by atoms with van der Waals surface area (Å²) < 4.78 is 31.9. The van der Waals surface area contributed by atoms with Crippen LogP contribution in [0.25, 0.3) is 0 Å². The highest BCUT2D eigenvalue weighted by Gasteiger charge is 2.33. The van der Waals surface area contributed by atoms with Gasteiger partial charge in [-0.2, -0.15) is 4.31 Å². The smallest absolute Gasteiger partial charge is 0.309 e. The third-order valence-electron chi connectivity index (χ3n) is 5.32. The number of hydrogen-bond acceptors (Lipinski definition) is 5. The topological polar surface area (TPSA) is 92.8 Å². The number of nitrogens with zero attached hydrogens (tertiary/aromatic N) is 1. The Morgan fingerprint density at radius 2 is 1.74 bits per heavy atom. The lowest BCUT2D eigenvalue weighted by Gasteiger charge is -2.30. The number of aryl methyl sites for hydroxylation is 1. The normalized spacial score (nSPS) is 15.4. The van der Waals surface area contributed by atoms with E-state index in [1.165, 1.54) is 28.6 Å². The first kappa shape index (κ1) is 23.2. The minimum absolute atomic E-state index is 0.170. The van der Waals surface area contributed by atoms with Gasteiger partial charge in [-0.1, -0.05) is 35.9 Å². The Hall–Kier alpha value is -2.42. The van der Waals surface area contributed by atoms with Gasteiger partial charge in [0.05, 0.1) is 10.8 Å². The molecule has 1 N–H and O–H groups in total. The molecule has 0 aromatic heterocycles. The summed E-state index contributed by atoms with van der Waals surface area (Å²) >= 11 is 5.82. The molecule has 1 fully saturated rings. The van der Waals surface area contributed by atoms with Crippen LogP contribution < -0.4 is 5.32 Å². The van der Waals surface area contributed by atoms with Crippen LogP contribution in [0, 0.1) is 12.8 Å². The third kappa shape index (κ3) is 6.06. The Kier molecular flexibility index (Phi) is 7.69. The first-order valence-corrected chi connectivity index (χ1v) is 11.8. The highest BCUT2D eigenvalue weighted by Crippen LogP contribution is 2.25. The van der Waals surface area contributed by atoms with Gasteiger partial charge >= 0.3 is 5.97 Å². The predicted octanol–water partition coefficient (Wildman–Crippen LogP) is 2.91. The van der Waals surface area contributed by atoms with Crippen molar-refractivity contribution in [1.82, 2.24) is 9.62 Å². The molecule has 9 heteroatoms. The maximum atomic E-state index is 12.7. The zero-order valence-electron chi connectivity index (χ0n) is 17.2. The molecule has 0 saturated carbocycles. The molecule has 31 heavy (non-hydrogen) atoms. The highest BCUT2D eigenvalue weighted by atomic mass is 35.5. The lowest BCUT2D eigenvalue weighted by atomic mass is 9.98. The Labute approximate surface area is 187 Å². The Bertz CT molecular complexity index is 1030. The summed E-state index contributed by atoms with van der Waals surface area (Å²) in [4.78, 5) is 24.5. The summed E-state index contributed by atoms with van der Waals surface area (Å²) in [5.74, 6) is -1.28. The molecule has 1 aliphatic rings. The molecule has 0 atom stereocenters. The van der Waals surface area contributed by atoms with Crippen molar-refractivity contribution in [3.8, 4) is 0 Å². The van der Waals surface area contributed by atoms with Crippen LogP contribution in [0.3, 0.4) is 0 Å². The number of esters is 1. The number of ether oxygens (including phenoxy) is 1. The summed E-state index contributed by atoms with van der Waals surface area (Å²) in [6.07, 6.45) is 0.687. The van der Waals surface area contributed by atoms with Gasteiger partial charge < -0.3 is 10.1 Å². The maximum Gasteiger partial charge on any atom is 0.309 e. The van der Waals surface area contributed by atoms with E-state index in [1.807, 2.05) is 31.2 Å². The summed E-state index contributed by atoms with van der Waals surface area (Å²) in [6.45, 7) is 2.40. The van der Waals surface area contributed by atoms with E-state index in [0.29, 0.717) is 24.4 Å². The SMILES string of the molecule is Cc1ccccc1CNC(=O)COC(=O)C1CCN(S(=O)(=O)c2ccc(Cl)cc2)CC1. The van der Waals surface area contributed by atoms with Gasteiger partial charge in [0.25, 0.3) is 5.91 Å². The first-order chi connectivity index (χ1) is 14.8. The van der Waals surface area contributed by atoms with E-state index in [4.69, 9.17) is 16.3 Å². The van der Waals surface area contributed by atoms with Gasteiger partial charge in [0.15, 0.2) is 6.61 Å². The van der Waals surface area contributed by atoms with Crippen molar-refractivity contribution < 1.29 is 22.7 Å². The fraction of sp³-hybridized carbons (Fsp3) is 0.364. The number of rotatable bonds is 7. The van der Waals surface area contributed by atoms with E-state index in [1.54, 1.807) is 0 Å². The molecule has 1 heterocycles. The van der Waals surface area contributed by atoms with Crippen LogP contribution in [0.5, 0.6) is 0 Å². The number of piperidine rings is 1. The zero-order valence-corrected chi connectivity index (χ0v) is 18.8. The lowest BCUT2D eigenvalue weighted by Crippen LogP contribution is -2.41. The molecule has 0 radical (unpaired) electrons. The standard InChI is InChI=1S/C22H25ClN2O5S/c1-16-4-2-3-5-18(16)14-24-21(26)15-30-22(27)17-10-12-25(13-11-17)31(28,29)20-8-6-19(23)7-9-20/h2-9,17H,10-15H2,1H3,(H,24,26). The van der Waals surface area contributed by atoms with Gasteiger partial charge in [-0.3, -0.25) is 9.59 Å². The van der Waals surface area contributed by atoms with Crippen LogP contribution >= 0.6 is 11.6 Å². The molecule has 1 aliphatic heterocycles. The number of hydrogen-bond donors (Lipinski definition) is 1. The Morgan fingerprint density at radius 1 is 1.10 bits per heavy atom. The fourth-order valence-electron chi connectivity index (χ4n) is 3.40. The van der Waals surface area contributed by atoms with Crippen LogP contribution in [0.1, 0.15) is 24.0 Å². The molecule has 1 amide bonds. The second kappa shape index (κ2) is 10.3. The van der Waals surface area contributed by atoms with Crippen molar-refractivity contribution in [2.45, 2.75) is 31.2 Å². The summed E-state index contributed by atoms with van der Waals surface area (Å²) in [6, 6.07) is 13.7. The number of sulfonamides is 1. The molecule has 2 aromatic carbocycles. The molecule has 0 aliphatic carbocycles. The van der Waals surface area contributed by atoms with Crippen molar-refractivity contribution in [2.24, 2.45) is 5.92 Å². The molecule has 3 rings (SSSR count). The van der Waals surface area contributed by atoms with E-state index in [9.17, 15) is 18.0 Å². The predicted molar refractivity (Wildman–Crippen MR) is 117 cm³/mol. The number of amides is 1. The van der Waals surface area contributed by atoms with E-state index >= 15 is 0 Å². The van der Waals surface area contributed by atoms with Gasteiger partial charge in [-0.25, -0.2) is 8.42 Å². The molecule has 0 bridgehead atoms. The van der Waals surface area contributed by atoms with Crippen LogP contribution in [0.4, 0.5) is 0 Å². The van der Waals surface area contributed by atoms with Gasteiger partial charge in [0.1, 0.15) is 0 Å². The summed E-state index contributed by atoms with van der Waals surface area (Å²) in [7, 11) is -3.63. The third-order valence-corrected chi connectivity index (χ3v) is 7.49. The number of halogens is 1. The molecule has 7 nitrogen and oxygen atoms in total. The second-order valence-corrected chi connectivity index (χ2v) is 9.82. The van der Waals surface area contributed by atoms with Gasteiger partial charge in [-0.05, 0) is 55.2 Å². The number of carbonyl (C=O) groups excluding carboxylic acids is 2. The van der Waals surface area contributed by atoms with E-state index < -0.39 is 21.9 Å². The van der Waals surface area contributed by atoms with Crippen LogP contribution in [0.2, 0.25) is 5.02 Å². The van der Waals surface area contributed by atoms with E-state index in [0.717, 1.165) is 11.1 Å². The van der Waals surface area contributed by atoms with Crippen LogP contribution in [0.15, 0.2) is 53.4 Å². The minimum atomic E-state index is -3.63.